The van der Waals surface area contributed by atoms with Gasteiger partial charge in [0, 0.05) is 19.5 Å². The molecule has 2 aliphatic heterocycles. The van der Waals surface area contributed by atoms with Crippen molar-refractivity contribution in [3.63, 3.8) is 0 Å². The number of urea groups is 1. The third kappa shape index (κ3) is 4.48. The standard InChI is InChI=1S/C24H23N4O5/c25-23(32)28-22(31)24(15-17-7-3-1-4-8-17)16-27(13-11-19(24)26-28)20(29)12-14-33-21(30)18-9-5-2-6-10-18/h1-10,12H,11,13-16H2,(H2,25,32). The maximum atomic E-state index is 13.2. The number of carbonyl (C=O) groups excluding carboxylic acids is 4. The molecule has 1 atom stereocenters. The highest BCUT2D eigenvalue weighted by Gasteiger charge is 2.55. The number of fused-ring (bicyclic) bond motifs is 1. The first-order chi connectivity index (χ1) is 15.9. The molecule has 9 nitrogen and oxygen atoms in total. The van der Waals surface area contributed by atoms with Crippen molar-refractivity contribution in [1.29, 1.82) is 0 Å². The summed E-state index contributed by atoms with van der Waals surface area (Å²) < 4.78 is 5.16. The summed E-state index contributed by atoms with van der Waals surface area (Å²) >= 11 is 0. The topological polar surface area (TPSA) is 122 Å². The van der Waals surface area contributed by atoms with Gasteiger partial charge >= 0.3 is 12.0 Å². The molecule has 1 unspecified atom stereocenters. The second-order valence-corrected chi connectivity index (χ2v) is 7.92. The van der Waals surface area contributed by atoms with Crippen molar-refractivity contribution in [3.8, 4) is 0 Å². The lowest BCUT2D eigenvalue weighted by Gasteiger charge is -2.39. The lowest BCUT2D eigenvalue weighted by atomic mass is 9.73. The summed E-state index contributed by atoms with van der Waals surface area (Å²) in [7, 11) is 0. The van der Waals surface area contributed by atoms with Gasteiger partial charge in [0.1, 0.15) is 12.0 Å². The fourth-order valence-corrected chi connectivity index (χ4v) is 4.17. The van der Waals surface area contributed by atoms with Gasteiger partial charge in [0.25, 0.3) is 5.91 Å². The Kier molecular flexibility index (Phi) is 6.21. The molecule has 1 fully saturated rings. The Morgan fingerprint density at radius 2 is 1.73 bits per heavy atom. The molecule has 4 amide bonds. The lowest BCUT2D eigenvalue weighted by molar-refractivity contribution is -0.137. The van der Waals surface area contributed by atoms with Crippen LogP contribution in [0.4, 0.5) is 4.79 Å². The van der Waals surface area contributed by atoms with Crippen molar-refractivity contribution >= 4 is 29.5 Å². The Bertz CT molecular complexity index is 1100. The van der Waals surface area contributed by atoms with Crippen LogP contribution in [0.5, 0.6) is 0 Å². The number of primary amides is 1. The van der Waals surface area contributed by atoms with Crippen molar-refractivity contribution in [2.24, 2.45) is 16.3 Å². The summed E-state index contributed by atoms with van der Waals surface area (Å²) in [6.45, 7) is 0.166. The van der Waals surface area contributed by atoms with E-state index in [1.165, 1.54) is 11.3 Å². The van der Waals surface area contributed by atoms with Crippen LogP contribution >= 0.6 is 0 Å². The number of ether oxygens (including phenoxy) is 1. The van der Waals surface area contributed by atoms with Gasteiger partial charge in [0.05, 0.1) is 17.7 Å². The molecule has 4 rings (SSSR count). The number of hydrazone groups is 1. The van der Waals surface area contributed by atoms with Crippen LogP contribution in [0.3, 0.4) is 0 Å². The Labute approximate surface area is 190 Å². The number of rotatable bonds is 6. The Morgan fingerprint density at radius 1 is 1.06 bits per heavy atom. The number of amides is 4. The molecule has 33 heavy (non-hydrogen) atoms. The highest BCUT2D eigenvalue weighted by molar-refractivity contribution is 6.17. The van der Waals surface area contributed by atoms with Crippen molar-refractivity contribution < 1.29 is 23.9 Å². The first-order valence-electron chi connectivity index (χ1n) is 10.5. The normalized spacial score (nSPS) is 19.6. The van der Waals surface area contributed by atoms with Gasteiger partial charge in [0.2, 0.25) is 5.91 Å². The zero-order valence-corrected chi connectivity index (χ0v) is 17.8. The third-order valence-electron chi connectivity index (χ3n) is 5.81. The number of hydrogen-bond donors (Lipinski definition) is 1. The quantitative estimate of drug-likeness (QED) is 0.677. The Hall–Kier alpha value is -4.01. The number of nitrogens with two attached hydrogens (primary N) is 1. The maximum Gasteiger partial charge on any atom is 0.342 e. The van der Waals surface area contributed by atoms with Gasteiger partial charge in [-0.25, -0.2) is 9.59 Å². The van der Waals surface area contributed by atoms with Crippen LogP contribution in [0.15, 0.2) is 65.8 Å². The number of likely N-dealkylation sites (tertiary alicyclic amines) is 1. The molecule has 0 bridgehead atoms. The second-order valence-electron chi connectivity index (χ2n) is 7.92. The fourth-order valence-electron chi connectivity index (χ4n) is 4.17. The molecule has 0 saturated carbocycles. The smallest absolute Gasteiger partial charge is 0.342 e. The Morgan fingerprint density at radius 3 is 2.39 bits per heavy atom. The minimum absolute atomic E-state index is 0.0469. The summed E-state index contributed by atoms with van der Waals surface area (Å²) in [5, 5.41) is 4.87. The van der Waals surface area contributed by atoms with Crippen molar-refractivity contribution in [2.75, 3.05) is 19.7 Å². The predicted molar refractivity (Wildman–Crippen MR) is 119 cm³/mol. The first kappa shape index (κ1) is 22.2. The highest BCUT2D eigenvalue weighted by Crippen LogP contribution is 2.38. The molecule has 0 aromatic heterocycles. The van der Waals surface area contributed by atoms with E-state index < -0.39 is 23.3 Å². The van der Waals surface area contributed by atoms with E-state index in [1.54, 1.807) is 30.3 Å². The van der Waals surface area contributed by atoms with Crippen molar-refractivity contribution in [1.82, 2.24) is 9.91 Å². The van der Waals surface area contributed by atoms with Gasteiger partial charge in [0.15, 0.2) is 0 Å². The van der Waals surface area contributed by atoms with Gasteiger partial charge in [-0.1, -0.05) is 48.5 Å². The van der Waals surface area contributed by atoms with Crippen LogP contribution < -0.4 is 5.73 Å². The van der Waals surface area contributed by atoms with Crippen LogP contribution in [-0.2, 0) is 20.7 Å². The van der Waals surface area contributed by atoms with Gasteiger partial charge in [-0.05, 0) is 24.1 Å². The summed E-state index contributed by atoms with van der Waals surface area (Å²) in [5.74, 6) is -1.44. The van der Waals surface area contributed by atoms with E-state index in [1.807, 2.05) is 30.3 Å². The van der Waals surface area contributed by atoms with Crippen molar-refractivity contribution in [2.45, 2.75) is 12.8 Å². The number of nitrogens with zero attached hydrogens (tertiary/aromatic N) is 3. The van der Waals surface area contributed by atoms with Crippen molar-refractivity contribution in [3.05, 3.63) is 78.2 Å². The van der Waals surface area contributed by atoms with Crippen LogP contribution in [0.1, 0.15) is 22.3 Å². The maximum absolute atomic E-state index is 13.2. The number of hydrogen-bond acceptors (Lipinski definition) is 6. The average Bonchev–Trinajstić information content (AvgIpc) is 3.11. The van der Waals surface area contributed by atoms with Gasteiger partial charge in [-0.2, -0.15) is 5.10 Å². The Balaban J connectivity index is 1.46. The monoisotopic (exact) mass is 447 g/mol. The second kappa shape index (κ2) is 9.23. The number of esters is 1. The van der Waals surface area contributed by atoms with E-state index in [-0.39, 0.29) is 25.5 Å². The molecule has 169 valence electrons. The van der Waals surface area contributed by atoms with Gasteiger partial charge < -0.3 is 15.4 Å². The van der Waals surface area contributed by atoms with Crippen LogP contribution in [0.2, 0.25) is 0 Å². The van der Waals surface area contributed by atoms with E-state index in [0.29, 0.717) is 29.2 Å². The zero-order chi connectivity index (χ0) is 23.4. The summed E-state index contributed by atoms with van der Waals surface area (Å²) in [6.07, 6.45) is 1.87. The van der Waals surface area contributed by atoms with Gasteiger partial charge in [-0.3, -0.25) is 9.59 Å². The molecule has 1 radical (unpaired) electrons. The first-order valence-corrected chi connectivity index (χ1v) is 10.5. The van der Waals surface area contributed by atoms with E-state index in [2.05, 4.69) is 5.10 Å². The van der Waals surface area contributed by atoms with E-state index in [9.17, 15) is 19.2 Å². The molecular weight excluding hydrogens is 424 g/mol. The number of piperidine rings is 1. The molecule has 1 saturated heterocycles. The summed E-state index contributed by atoms with van der Waals surface area (Å²) in [4.78, 5) is 51.4. The fraction of sp³-hybridized carbons (Fsp3) is 0.250. The van der Waals surface area contributed by atoms with E-state index in [4.69, 9.17) is 10.5 Å². The third-order valence-corrected chi connectivity index (χ3v) is 5.81. The van der Waals surface area contributed by atoms with Crippen LogP contribution in [0, 0.1) is 11.8 Å². The highest BCUT2D eigenvalue weighted by atomic mass is 16.5. The molecule has 2 heterocycles. The molecule has 0 aliphatic carbocycles. The van der Waals surface area contributed by atoms with Crippen LogP contribution in [0.25, 0.3) is 0 Å². The number of imide groups is 1. The molecule has 2 aliphatic rings. The predicted octanol–water partition coefficient (Wildman–Crippen LogP) is 1.79. The van der Waals surface area contributed by atoms with E-state index in [0.717, 1.165) is 5.56 Å². The summed E-state index contributed by atoms with van der Waals surface area (Å²) in [6, 6.07) is 16.9. The van der Waals surface area contributed by atoms with E-state index >= 15 is 0 Å². The average molecular weight is 447 g/mol. The molecule has 9 heteroatoms. The molecule has 2 aromatic carbocycles. The summed E-state index contributed by atoms with van der Waals surface area (Å²) in [5.41, 5.74) is 5.99. The minimum atomic E-state index is -1.17. The van der Waals surface area contributed by atoms with Crippen LogP contribution in [-0.4, -0.2) is 59.1 Å². The minimum Gasteiger partial charge on any atom is -0.461 e. The largest absolute Gasteiger partial charge is 0.461 e. The number of carbonyl (C=O) groups is 4. The SMILES string of the molecule is NC(=O)N1N=C2CCN(C(=O)[CH]COC(=O)c3ccccc3)CC2(Cc2ccccc2)C1=O. The molecule has 2 N–H and O–H groups in total. The zero-order valence-electron chi connectivity index (χ0n) is 17.8. The number of benzene rings is 2. The molecule has 0 spiro atoms. The molecule has 2 aromatic rings. The lowest BCUT2D eigenvalue weighted by Crippen LogP contribution is -2.56. The molecular formula is C24H23N4O5. The van der Waals surface area contributed by atoms with Gasteiger partial charge in [-0.15, -0.1) is 5.01 Å².